The second kappa shape index (κ2) is 4.80. The molecular weight excluding hydrogens is 236 g/mol. The van der Waals surface area contributed by atoms with E-state index in [0.717, 1.165) is 25.3 Å². The molecule has 0 bridgehead atoms. The first-order valence-corrected chi connectivity index (χ1v) is 6.98. The second-order valence-electron chi connectivity index (χ2n) is 5.70. The third kappa shape index (κ3) is 2.29. The average Bonchev–Trinajstić information content (AvgIpc) is 3.12. The van der Waals surface area contributed by atoms with Crippen molar-refractivity contribution in [1.82, 2.24) is 0 Å². The molecular formula is C16H20N2O. The van der Waals surface area contributed by atoms with Crippen LogP contribution in [0, 0.1) is 5.41 Å². The summed E-state index contributed by atoms with van der Waals surface area (Å²) in [5.41, 5.74) is 2.38. The first-order chi connectivity index (χ1) is 9.18. The van der Waals surface area contributed by atoms with Gasteiger partial charge < -0.3 is 4.74 Å². The molecule has 1 aromatic carbocycles. The van der Waals surface area contributed by atoms with E-state index in [1.54, 1.807) is 0 Å². The summed E-state index contributed by atoms with van der Waals surface area (Å²) in [6.45, 7) is 5.84. The molecule has 1 aromatic rings. The third-order valence-corrected chi connectivity index (χ3v) is 3.99. The Bertz CT molecular complexity index is 517. The Balaban J connectivity index is 1.83. The van der Waals surface area contributed by atoms with Gasteiger partial charge in [0.05, 0.1) is 18.0 Å². The smallest absolute Gasteiger partial charge is 0.195 e. The van der Waals surface area contributed by atoms with E-state index in [0.29, 0.717) is 12.6 Å². The van der Waals surface area contributed by atoms with Gasteiger partial charge in [-0.05, 0) is 32.3 Å². The topological polar surface area (TPSA) is 34.0 Å². The minimum Gasteiger partial charge on any atom is -0.478 e. The van der Waals surface area contributed by atoms with Crippen molar-refractivity contribution < 1.29 is 4.74 Å². The Morgan fingerprint density at radius 3 is 2.68 bits per heavy atom. The van der Waals surface area contributed by atoms with Crippen LogP contribution >= 0.6 is 0 Å². The molecule has 1 atom stereocenters. The summed E-state index contributed by atoms with van der Waals surface area (Å²) >= 11 is 0. The van der Waals surface area contributed by atoms with Crippen LogP contribution in [0.4, 0.5) is 0 Å². The first-order valence-electron chi connectivity index (χ1n) is 6.98. The Labute approximate surface area is 114 Å². The number of hydrogen-bond acceptors (Lipinski definition) is 3. The lowest BCUT2D eigenvalue weighted by molar-refractivity contribution is 0.317. The van der Waals surface area contributed by atoms with Gasteiger partial charge in [-0.25, -0.2) is 0 Å². The van der Waals surface area contributed by atoms with E-state index in [4.69, 9.17) is 9.73 Å². The lowest BCUT2D eigenvalue weighted by Crippen LogP contribution is -2.32. The fourth-order valence-corrected chi connectivity index (χ4v) is 2.82. The van der Waals surface area contributed by atoms with E-state index >= 15 is 0 Å². The second-order valence-corrected chi connectivity index (χ2v) is 5.70. The predicted octanol–water partition coefficient (Wildman–Crippen LogP) is 3.42. The van der Waals surface area contributed by atoms with Gasteiger partial charge in [-0.2, -0.15) is 0 Å². The molecule has 100 valence electrons. The quantitative estimate of drug-likeness (QED) is 0.816. The van der Waals surface area contributed by atoms with Crippen molar-refractivity contribution in [3.05, 3.63) is 35.9 Å². The van der Waals surface area contributed by atoms with Gasteiger partial charge in [0, 0.05) is 5.71 Å². The van der Waals surface area contributed by atoms with Crippen LogP contribution in [0.15, 0.2) is 40.3 Å². The number of ether oxygens (including phenoxy) is 1. The lowest BCUT2D eigenvalue weighted by atomic mass is 9.85. The minimum absolute atomic E-state index is 0.153. The number of benzene rings is 1. The molecule has 3 nitrogen and oxygen atoms in total. The molecule has 0 aliphatic carbocycles. The standard InChI is InChI=1S/C16H20N2O/c1-16(2,15-17-10-11-19-15)14-9-8-13(18-14)12-6-4-3-5-7-12/h3-7,13H,8-11H2,1-2H3. The van der Waals surface area contributed by atoms with E-state index in [1.807, 2.05) is 6.07 Å². The van der Waals surface area contributed by atoms with Crippen LogP contribution in [0.5, 0.6) is 0 Å². The van der Waals surface area contributed by atoms with Crippen molar-refractivity contribution in [2.45, 2.75) is 32.7 Å². The minimum atomic E-state index is -0.153. The first kappa shape index (κ1) is 12.4. The average molecular weight is 256 g/mol. The fourth-order valence-electron chi connectivity index (χ4n) is 2.82. The molecule has 0 saturated carbocycles. The molecule has 19 heavy (non-hydrogen) atoms. The molecule has 0 saturated heterocycles. The molecule has 3 heteroatoms. The normalized spacial score (nSPS) is 22.9. The van der Waals surface area contributed by atoms with Gasteiger partial charge in [0.25, 0.3) is 0 Å². The summed E-state index contributed by atoms with van der Waals surface area (Å²) in [5.74, 6) is 0.861. The zero-order valence-electron chi connectivity index (χ0n) is 11.6. The molecule has 0 N–H and O–H groups in total. The highest BCUT2D eigenvalue weighted by Gasteiger charge is 2.37. The van der Waals surface area contributed by atoms with Crippen molar-refractivity contribution in [3.63, 3.8) is 0 Å². The molecule has 0 amide bonds. The Morgan fingerprint density at radius 2 is 2.00 bits per heavy atom. The zero-order valence-corrected chi connectivity index (χ0v) is 11.6. The summed E-state index contributed by atoms with van der Waals surface area (Å²) in [5, 5.41) is 0. The summed E-state index contributed by atoms with van der Waals surface area (Å²) in [6, 6.07) is 10.8. The summed E-state index contributed by atoms with van der Waals surface area (Å²) in [4.78, 5) is 9.39. The Hall–Kier alpha value is -1.64. The van der Waals surface area contributed by atoms with Gasteiger partial charge in [0.2, 0.25) is 0 Å². The van der Waals surface area contributed by atoms with Crippen LogP contribution in [0.1, 0.15) is 38.3 Å². The molecule has 2 heterocycles. The van der Waals surface area contributed by atoms with Crippen molar-refractivity contribution in [2.75, 3.05) is 13.2 Å². The van der Waals surface area contributed by atoms with Crippen molar-refractivity contribution >= 4 is 11.6 Å². The zero-order chi connectivity index (χ0) is 13.3. The molecule has 2 aliphatic heterocycles. The van der Waals surface area contributed by atoms with Crippen LogP contribution in [0.2, 0.25) is 0 Å². The summed E-state index contributed by atoms with van der Waals surface area (Å²) < 4.78 is 5.64. The molecule has 3 rings (SSSR count). The van der Waals surface area contributed by atoms with Gasteiger partial charge in [-0.3, -0.25) is 9.98 Å². The van der Waals surface area contributed by atoms with Gasteiger partial charge in [0.1, 0.15) is 6.61 Å². The summed E-state index contributed by atoms with van der Waals surface area (Å²) in [7, 11) is 0. The lowest BCUT2D eigenvalue weighted by Gasteiger charge is -2.24. The monoisotopic (exact) mass is 256 g/mol. The predicted molar refractivity (Wildman–Crippen MR) is 77.9 cm³/mol. The van der Waals surface area contributed by atoms with Crippen LogP contribution < -0.4 is 0 Å². The van der Waals surface area contributed by atoms with Gasteiger partial charge in [-0.1, -0.05) is 30.3 Å². The fraction of sp³-hybridized carbons (Fsp3) is 0.500. The molecule has 0 spiro atoms. The largest absolute Gasteiger partial charge is 0.478 e. The van der Waals surface area contributed by atoms with Gasteiger partial charge in [0.15, 0.2) is 5.90 Å². The molecule has 2 aliphatic rings. The number of nitrogens with zero attached hydrogens (tertiary/aromatic N) is 2. The van der Waals surface area contributed by atoms with Crippen molar-refractivity contribution in [2.24, 2.45) is 15.4 Å². The highest BCUT2D eigenvalue weighted by atomic mass is 16.5. The van der Waals surface area contributed by atoms with E-state index < -0.39 is 0 Å². The molecule has 0 fully saturated rings. The van der Waals surface area contributed by atoms with Gasteiger partial charge >= 0.3 is 0 Å². The SMILES string of the molecule is CC(C)(C1=NC(c2ccccc2)CC1)C1=NCCO1. The van der Waals surface area contributed by atoms with E-state index in [2.05, 4.69) is 43.1 Å². The molecule has 0 radical (unpaired) electrons. The highest BCUT2D eigenvalue weighted by Crippen LogP contribution is 2.36. The number of aliphatic imine (C=N–C) groups is 2. The highest BCUT2D eigenvalue weighted by molar-refractivity contribution is 6.09. The van der Waals surface area contributed by atoms with Crippen molar-refractivity contribution in [3.8, 4) is 0 Å². The third-order valence-electron chi connectivity index (χ3n) is 3.99. The van der Waals surface area contributed by atoms with Gasteiger partial charge in [-0.15, -0.1) is 0 Å². The van der Waals surface area contributed by atoms with Crippen LogP contribution in [0.3, 0.4) is 0 Å². The molecule has 0 aromatic heterocycles. The van der Waals surface area contributed by atoms with E-state index in [-0.39, 0.29) is 5.41 Å². The van der Waals surface area contributed by atoms with Crippen LogP contribution in [0.25, 0.3) is 0 Å². The maximum atomic E-state index is 5.64. The Morgan fingerprint density at radius 1 is 1.21 bits per heavy atom. The summed E-state index contributed by atoms with van der Waals surface area (Å²) in [6.07, 6.45) is 2.13. The van der Waals surface area contributed by atoms with E-state index in [1.165, 1.54) is 11.3 Å². The van der Waals surface area contributed by atoms with E-state index in [9.17, 15) is 0 Å². The molecule has 1 unspecified atom stereocenters. The maximum Gasteiger partial charge on any atom is 0.195 e. The number of hydrogen-bond donors (Lipinski definition) is 0. The van der Waals surface area contributed by atoms with Crippen molar-refractivity contribution in [1.29, 1.82) is 0 Å². The Kier molecular flexibility index (Phi) is 3.13. The van der Waals surface area contributed by atoms with Crippen LogP contribution in [-0.2, 0) is 4.74 Å². The van der Waals surface area contributed by atoms with Crippen LogP contribution in [-0.4, -0.2) is 24.8 Å². The maximum absolute atomic E-state index is 5.64. The number of rotatable bonds is 3.